The molecule has 1 aliphatic heterocycles. The minimum atomic E-state index is 0.0221. The van der Waals surface area contributed by atoms with Gasteiger partial charge >= 0.3 is 0 Å². The summed E-state index contributed by atoms with van der Waals surface area (Å²) < 4.78 is 4.05. The molecule has 1 amide bonds. The van der Waals surface area contributed by atoms with Crippen LogP contribution >= 0.6 is 0 Å². The molecule has 0 saturated carbocycles. The van der Waals surface area contributed by atoms with Crippen molar-refractivity contribution in [3.63, 3.8) is 0 Å². The third-order valence-electron chi connectivity index (χ3n) is 5.40. The largest absolute Gasteiger partial charge is 0.329 e. The van der Waals surface area contributed by atoms with Crippen LogP contribution in [0.3, 0.4) is 0 Å². The summed E-state index contributed by atoms with van der Waals surface area (Å²) in [4.78, 5) is 20.0. The molecular formula is C20H25N5O. The summed E-state index contributed by atoms with van der Waals surface area (Å²) in [7, 11) is 2.04. The summed E-state index contributed by atoms with van der Waals surface area (Å²) in [5.74, 6) is 1.04. The first-order chi connectivity index (χ1) is 12.6. The summed E-state index contributed by atoms with van der Waals surface area (Å²) in [6.07, 6.45) is 4.67. The number of nitrogens with zero attached hydrogens (tertiary/aromatic N) is 5. The highest BCUT2D eigenvalue weighted by molar-refractivity contribution is 5.95. The predicted molar refractivity (Wildman–Crippen MR) is 101 cm³/mol. The van der Waals surface area contributed by atoms with Gasteiger partial charge in [0.25, 0.3) is 5.91 Å². The molecule has 0 N–H and O–H groups in total. The number of carbonyl (C=O) groups is 1. The lowest BCUT2D eigenvalue weighted by atomic mass is 10.1. The van der Waals surface area contributed by atoms with Crippen LogP contribution in [0.25, 0.3) is 11.0 Å². The van der Waals surface area contributed by atoms with Crippen LogP contribution in [0.2, 0.25) is 0 Å². The Labute approximate surface area is 153 Å². The quantitative estimate of drug-likeness (QED) is 0.723. The first-order valence-corrected chi connectivity index (χ1v) is 9.36. The van der Waals surface area contributed by atoms with Gasteiger partial charge in [0.2, 0.25) is 0 Å². The lowest BCUT2D eigenvalue weighted by Crippen LogP contribution is -2.32. The highest BCUT2D eigenvalue weighted by atomic mass is 16.2. The smallest absolute Gasteiger partial charge is 0.257 e. The molecular weight excluding hydrogens is 326 g/mol. The molecule has 26 heavy (non-hydrogen) atoms. The Kier molecular flexibility index (Phi) is 4.26. The van der Waals surface area contributed by atoms with E-state index >= 15 is 0 Å². The summed E-state index contributed by atoms with van der Waals surface area (Å²) in [5.41, 5.74) is 3.75. The van der Waals surface area contributed by atoms with Crippen molar-refractivity contribution >= 4 is 16.9 Å². The van der Waals surface area contributed by atoms with E-state index in [1.54, 1.807) is 6.20 Å². The van der Waals surface area contributed by atoms with Gasteiger partial charge in [0, 0.05) is 25.8 Å². The number of benzene rings is 1. The SMILES string of the molecule is CCCn1ncc(C(=O)N2CCCC2c2nc3ccccc3n2C)c1C. The average molecular weight is 351 g/mol. The van der Waals surface area contributed by atoms with Gasteiger partial charge in [0.15, 0.2) is 0 Å². The normalized spacial score (nSPS) is 17.3. The Balaban J connectivity index is 1.68. The number of amides is 1. The van der Waals surface area contributed by atoms with E-state index in [1.165, 1.54) is 0 Å². The van der Waals surface area contributed by atoms with E-state index in [0.717, 1.165) is 54.9 Å². The Bertz CT molecular complexity index is 954. The molecule has 0 radical (unpaired) electrons. The summed E-state index contributed by atoms with van der Waals surface area (Å²) >= 11 is 0. The van der Waals surface area contributed by atoms with E-state index in [-0.39, 0.29) is 11.9 Å². The topological polar surface area (TPSA) is 56.0 Å². The maximum atomic E-state index is 13.2. The molecule has 6 heteroatoms. The first-order valence-electron chi connectivity index (χ1n) is 9.36. The van der Waals surface area contributed by atoms with Crippen LogP contribution in [0.1, 0.15) is 54.1 Å². The maximum absolute atomic E-state index is 13.2. The number of aromatic nitrogens is 4. The first kappa shape index (κ1) is 16.8. The average Bonchev–Trinajstić information content (AvgIpc) is 3.34. The maximum Gasteiger partial charge on any atom is 0.257 e. The van der Waals surface area contributed by atoms with Crippen molar-refractivity contribution in [3.05, 3.63) is 47.5 Å². The van der Waals surface area contributed by atoms with Crippen LogP contribution in [0.5, 0.6) is 0 Å². The molecule has 136 valence electrons. The van der Waals surface area contributed by atoms with Gasteiger partial charge in [-0.15, -0.1) is 0 Å². The van der Waals surface area contributed by atoms with Crippen molar-refractivity contribution in [2.24, 2.45) is 7.05 Å². The fourth-order valence-electron chi connectivity index (χ4n) is 3.99. The van der Waals surface area contributed by atoms with Gasteiger partial charge < -0.3 is 9.47 Å². The molecule has 2 aromatic heterocycles. The highest BCUT2D eigenvalue weighted by Crippen LogP contribution is 2.34. The van der Waals surface area contributed by atoms with Gasteiger partial charge in [-0.25, -0.2) is 4.98 Å². The number of carbonyl (C=O) groups excluding carboxylic acids is 1. The fourth-order valence-corrected chi connectivity index (χ4v) is 3.99. The van der Waals surface area contributed by atoms with E-state index in [2.05, 4.69) is 22.7 Å². The van der Waals surface area contributed by atoms with Crippen LogP contribution in [-0.4, -0.2) is 36.7 Å². The molecule has 4 rings (SSSR count). The van der Waals surface area contributed by atoms with E-state index in [4.69, 9.17) is 4.98 Å². The molecule has 1 atom stereocenters. The third kappa shape index (κ3) is 2.60. The zero-order valence-corrected chi connectivity index (χ0v) is 15.6. The van der Waals surface area contributed by atoms with Crippen LogP contribution in [0, 0.1) is 6.92 Å². The van der Waals surface area contributed by atoms with Crippen molar-refractivity contribution in [2.75, 3.05) is 6.54 Å². The number of rotatable bonds is 4. The second kappa shape index (κ2) is 6.59. The van der Waals surface area contributed by atoms with Crippen molar-refractivity contribution < 1.29 is 4.79 Å². The molecule has 1 unspecified atom stereocenters. The van der Waals surface area contributed by atoms with E-state index in [0.29, 0.717) is 5.56 Å². The van der Waals surface area contributed by atoms with Gasteiger partial charge in [0.1, 0.15) is 5.82 Å². The van der Waals surface area contributed by atoms with Crippen LogP contribution in [-0.2, 0) is 13.6 Å². The zero-order valence-electron chi connectivity index (χ0n) is 15.6. The molecule has 0 aliphatic carbocycles. The minimum Gasteiger partial charge on any atom is -0.329 e. The molecule has 3 aromatic rings. The van der Waals surface area contributed by atoms with E-state index in [9.17, 15) is 4.79 Å². The molecule has 1 fully saturated rings. The predicted octanol–water partition coefficient (Wildman–Crippen LogP) is 3.47. The Morgan fingerprint density at radius 1 is 1.31 bits per heavy atom. The number of fused-ring (bicyclic) bond motifs is 1. The molecule has 1 aromatic carbocycles. The van der Waals surface area contributed by atoms with E-state index in [1.807, 2.05) is 41.8 Å². The molecule has 6 nitrogen and oxygen atoms in total. The standard InChI is InChI=1S/C20H25N5O/c1-4-11-25-14(2)15(13-21-25)20(26)24-12-7-10-18(24)19-22-16-8-5-6-9-17(16)23(19)3/h5-6,8-9,13,18H,4,7,10-12H2,1-3H3. The second-order valence-electron chi connectivity index (χ2n) is 7.04. The molecule has 0 spiro atoms. The Morgan fingerprint density at radius 3 is 2.88 bits per heavy atom. The zero-order chi connectivity index (χ0) is 18.3. The number of hydrogen-bond acceptors (Lipinski definition) is 3. The monoisotopic (exact) mass is 351 g/mol. The number of likely N-dealkylation sites (tertiary alicyclic amines) is 1. The number of para-hydroxylation sites is 2. The fraction of sp³-hybridized carbons (Fsp3) is 0.450. The van der Waals surface area contributed by atoms with Gasteiger partial charge in [-0.1, -0.05) is 19.1 Å². The van der Waals surface area contributed by atoms with Crippen molar-refractivity contribution in [3.8, 4) is 0 Å². The van der Waals surface area contributed by atoms with E-state index < -0.39 is 0 Å². The highest BCUT2D eigenvalue weighted by Gasteiger charge is 2.34. The Hall–Kier alpha value is -2.63. The molecule has 1 aliphatic rings. The second-order valence-corrected chi connectivity index (χ2v) is 7.04. The third-order valence-corrected chi connectivity index (χ3v) is 5.40. The summed E-state index contributed by atoms with van der Waals surface area (Å²) in [5, 5.41) is 4.40. The lowest BCUT2D eigenvalue weighted by molar-refractivity contribution is 0.0727. The molecule has 3 heterocycles. The number of imidazole rings is 1. The molecule has 0 bridgehead atoms. The minimum absolute atomic E-state index is 0.0221. The van der Waals surface area contributed by atoms with Gasteiger partial charge in [-0.05, 0) is 38.3 Å². The summed E-state index contributed by atoms with van der Waals surface area (Å²) in [6.45, 7) is 5.71. The Morgan fingerprint density at radius 2 is 2.12 bits per heavy atom. The van der Waals surface area contributed by atoms with Crippen LogP contribution in [0.15, 0.2) is 30.5 Å². The van der Waals surface area contributed by atoms with Crippen molar-refractivity contribution in [1.82, 2.24) is 24.2 Å². The summed E-state index contributed by atoms with van der Waals surface area (Å²) in [6, 6.07) is 8.15. The number of hydrogen-bond donors (Lipinski definition) is 0. The lowest BCUT2D eigenvalue weighted by Gasteiger charge is -2.24. The van der Waals surface area contributed by atoms with Gasteiger partial charge in [-0.2, -0.15) is 5.10 Å². The van der Waals surface area contributed by atoms with Crippen LogP contribution in [0.4, 0.5) is 0 Å². The van der Waals surface area contributed by atoms with Gasteiger partial charge in [0.05, 0.1) is 28.8 Å². The van der Waals surface area contributed by atoms with Crippen molar-refractivity contribution in [1.29, 1.82) is 0 Å². The molecule has 1 saturated heterocycles. The van der Waals surface area contributed by atoms with Gasteiger partial charge in [-0.3, -0.25) is 9.48 Å². The number of aryl methyl sites for hydroxylation is 2. The van der Waals surface area contributed by atoms with Crippen LogP contribution < -0.4 is 0 Å². The van der Waals surface area contributed by atoms with Crippen molar-refractivity contribution in [2.45, 2.75) is 45.7 Å².